The summed E-state index contributed by atoms with van der Waals surface area (Å²) in [5.74, 6) is -0.529. The predicted octanol–water partition coefficient (Wildman–Crippen LogP) is 19.6. The van der Waals surface area contributed by atoms with Crippen molar-refractivity contribution in [1.29, 1.82) is 0 Å². The summed E-state index contributed by atoms with van der Waals surface area (Å²) in [7, 11) is 1.47. The van der Waals surface area contributed by atoms with Gasteiger partial charge in [0.1, 0.15) is 19.3 Å². The van der Waals surface area contributed by atoms with Crippen LogP contribution in [0.1, 0.15) is 265 Å². The number of nitrogens with one attached hydrogen (secondary N) is 1. The van der Waals surface area contributed by atoms with Gasteiger partial charge in [0.05, 0.1) is 33.8 Å². The largest absolute Gasteiger partial charge is 0.472 e. The van der Waals surface area contributed by atoms with Gasteiger partial charge in [-0.15, -0.1) is 0 Å². The molecule has 77 heavy (non-hydrogen) atoms. The van der Waals surface area contributed by atoms with E-state index in [4.69, 9.17) is 13.8 Å². The monoisotopic (exact) mass is 1100 g/mol. The molecule has 0 aliphatic heterocycles. The molecule has 444 valence electrons. The Morgan fingerprint density at radius 1 is 0.481 bits per heavy atom. The molecule has 0 aromatic heterocycles. The molecule has 0 aromatic carbocycles. The number of quaternary nitrogens is 1. The lowest BCUT2D eigenvalue weighted by Gasteiger charge is -2.27. The minimum absolute atomic E-state index is 0.0328. The first-order valence-electron chi connectivity index (χ1n) is 31.6. The van der Waals surface area contributed by atoms with Crippen molar-refractivity contribution in [3.05, 3.63) is 97.2 Å². The van der Waals surface area contributed by atoms with Crippen LogP contribution in [0.2, 0.25) is 0 Å². The van der Waals surface area contributed by atoms with Gasteiger partial charge in [0.15, 0.2) is 0 Å². The highest BCUT2D eigenvalue weighted by molar-refractivity contribution is 7.47. The average Bonchev–Trinajstić information content (AvgIpc) is 3.39. The number of allylic oxidation sites excluding steroid dienone is 15. The molecular formula is C67H120N2O7P+. The second kappa shape index (κ2) is 56.2. The maximum absolute atomic E-state index is 13.6. The number of nitrogens with zero attached hydrogens (tertiary/aromatic N) is 1. The number of phosphoric ester groups is 1. The number of rotatable bonds is 56. The van der Waals surface area contributed by atoms with Gasteiger partial charge < -0.3 is 19.4 Å². The highest BCUT2D eigenvalue weighted by atomic mass is 31.2. The van der Waals surface area contributed by atoms with Gasteiger partial charge in [-0.1, -0.05) is 247 Å². The summed E-state index contributed by atoms with van der Waals surface area (Å²) in [6.07, 6.45) is 75.5. The maximum Gasteiger partial charge on any atom is 0.472 e. The van der Waals surface area contributed by atoms with Crippen LogP contribution in [0, 0.1) is 0 Å². The smallest absolute Gasteiger partial charge is 0.456 e. The van der Waals surface area contributed by atoms with E-state index in [0.717, 1.165) is 122 Å². The summed E-state index contributed by atoms with van der Waals surface area (Å²) < 4.78 is 30.7. The zero-order valence-corrected chi connectivity index (χ0v) is 51.6. The van der Waals surface area contributed by atoms with Gasteiger partial charge in [-0.3, -0.25) is 18.6 Å². The Morgan fingerprint density at radius 2 is 0.870 bits per heavy atom. The molecule has 0 aliphatic carbocycles. The fraction of sp³-hybridized carbons (Fsp3) is 0.731. The fourth-order valence-corrected chi connectivity index (χ4v) is 9.40. The summed E-state index contributed by atoms with van der Waals surface area (Å²) in [5.41, 5.74) is 0. The van der Waals surface area contributed by atoms with Crippen molar-refractivity contribution >= 4 is 19.7 Å². The van der Waals surface area contributed by atoms with Crippen LogP contribution in [0.25, 0.3) is 0 Å². The third-order valence-electron chi connectivity index (χ3n) is 13.5. The summed E-state index contributed by atoms with van der Waals surface area (Å²) in [6.45, 7) is 6.85. The maximum atomic E-state index is 13.6. The van der Waals surface area contributed by atoms with E-state index in [2.05, 4.69) is 111 Å². The van der Waals surface area contributed by atoms with Crippen LogP contribution >= 0.6 is 7.82 Å². The number of ether oxygens (including phenoxy) is 1. The van der Waals surface area contributed by atoms with Crippen molar-refractivity contribution in [2.24, 2.45) is 0 Å². The minimum atomic E-state index is -4.46. The molecule has 0 aliphatic rings. The summed E-state index contributed by atoms with van der Waals surface area (Å²) >= 11 is 0. The number of hydrogen-bond acceptors (Lipinski definition) is 6. The SMILES string of the molecule is CC/C=C\C/C=C\C/C=C\C/C=C\C/C=C\CCCCCCCCCCCC(=O)NC(COP(=O)(O)OCC[N+](C)(C)C)C(/C=C\CCCCCCCCCCC)OC(=O)CCCCCCCC/C=C/C=C/CCCCC. The molecule has 0 fully saturated rings. The molecule has 0 saturated carbocycles. The first-order chi connectivity index (χ1) is 37.4. The van der Waals surface area contributed by atoms with Gasteiger partial charge in [0.2, 0.25) is 5.91 Å². The Labute approximate surface area is 475 Å². The number of amides is 1. The number of carbonyl (C=O) groups is 2. The molecule has 0 rings (SSSR count). The molecule has 3 atom stereocenters. The highest BCUT2D eigenvalue weighted by Gasteiger charge is 2.30. The quantitative estimate of drug-likeness (QED) is 0.0156. The zero-order chi connectivity index (χ0) is 56.4. The third-order valence-corrected chi connectivity index (χ3v) is 14.5. The van der Waals surface area contributed by atoms with Crippen LogP contribution in [-0.2, 0) is 27.9 Å². The van der Waals surface area contributed by atoms with Gasteiger partial charge in [-0.2, -0.15) is 0 Å². The van der Waals surface area contributed by atoms with Crippen molar-refractivity contribution in [2.75, 3.05) is 40.9 Å². The molecule has 10 heteroatoms. The van der Waals surface area contributed by atoms with Crippen LogP contribution in [0.4, 0.5) is 0 Å². The standard InChI is InChI=1S/C67H119N2O7P/c1-7-10-13-16-19-22-25-27-29-30-31-32-33-34-35-36-37-38-40-41-44-47-50-53-56-59-66(70)68-64(63-75-77(72,73)74-62-61-69(4,5)6)65(58-55-52-49-46-43-24-21-18-15-12-9-3)76-67(71)60-57-54-51-48-45-42-39-28-26-23-20-17-14-11-8-2/h10,13,19-20,22-23,26-29,31-32,34-35,55,58,64-65H,7-9,11-12,14-18,21,24-25,30,33,36-54,56-57,59-63H2,1-6H3,(H-,68,70,72,73)/p+1/b13-10-,22-19-,23-20+,28-26+,29-27-,32-31-,35-34-,58-55-. The van der Waals surface area contributed by atoms with Crippen molar-refractivity contribution in [1.82, 2.24) is 5.32 Å². The Bertz CT molecular complexity index is 1640. The Kier molecular flexibility index (Phi) is 54.0. The zero-order valence-electron chi connectivity index (χ0n) is 50.7. The summed E-state index contributed by atoms with van der Waals surface area (Å²) in [6, 6.07) is -0.861. The Balaban J connectivity index is 5.15. The summed E-state index contributed by atoms with van der Waals surface area (Å²) in [5, 5.41) is 3.05. The fourth-order valence-electron chi connectivity index (χ4n) is 8.66. The van der Waals surface area contributed by atoms with E-state index in [1.165, 1.54) is 109 Å². The summed E-state index contributed by atoms with van der Waals surface area (Å²) in [4.78, 5) is 37.7. The lowest BCUT2D eigenvalue weighted by Crippen LogP contribution is -2.47. The molecule has 2 N–H and O–H groups in total. The highest BCUT2D eigenvalue weighted by Crippen LogP contribution is 2.43. The minimum Gasteiger partial charge on any atom is -0.456 e. The number of phosphoric acid groups is 1. The molecular weight excluding hydrogens is 976 g/mol. The van der Waals surface area contributed by atoms with Crippen molar-refractivity contribution in [3.63, 3.8) is 0 Å². The van der Waals surface area contributed by atoms with E-state index < -0.39 is 20.0 Å². The second-order valence-corrected chi connectivity index (χ2v) is 23.7. The first kappa shape index (κ1) is 73.9. The molecule has 0 heterocycles. The molecule has 9 nitrogen and oxygen atoms in total. The Morgan fingerprint density at radius 3 is 1.35 bits per heavy atom. The van der Waals surface area contributed by atoms with E-state index in [9.17, 15) is 19.0 Å². The van der Waals surface area contributed by atoms with E-state index in [1.807, 2.05) is 33.3 Å². The van der Waals surface area contributed by atoms with Crippen LogP contribution in [0.15, 0.2) is 97.2 Å². The van der Waals surface area contributed by atoms with Crippen molar-refractivity contribution in [2.45, 2.75) is 277 Å². The van der Waals surface area contributed by atoms with E-state index in [1.54, 1.807) is 0 Å². The molecule has 3 unspecified atom stereocenters. The van der Waals surface area contributed by atoms with Gasteiger partial charge in [-0.05, 0) is 102 Å². The number of carbonyl (C=O) groups excluding carboxylic acids is 2. The van der Waals surface area contributed by atoms with Gasteiger partial charge in [-0.25, -0.2) is 4.57 Å². The number of unbranched alkanes of at least 4 members (excludes halogenated alkanes) is 27. The van der Waals surface area contributed by atoms with Crippen LogP contribution < -0.4 is 5.32 Å². The van der Waals surface area contributed by atoms with E-state index in [0.29, 0.717) is 17.4 Å². The molecule has 0 radical (unpaired) electrons. The molecule has 0 saturated heterocycles. The van der Waals surface area contributed by atoms with Crippen LogP contribution in [0.5, 0.6) is 0 Å². The number of likely N-dealkylation sites (N-methyl/N-ethyl adjacent to an activating group) is 1. The normalized spacial score (nSPS) is 14.3. The first-order valence-corrected chi connectivity index (χ1v) is 33.1. The lowest BCUT2D eigenvalue weighted by atomic mass is 10.0. The van der Waals surface area contributed by atoms with Gasteiger partial charge in [0, 0.05) is 12.8 Å². The van der Waals surface area contributed by atoms with Gasteiger partial charge in [0.25, 0.3) is 0 Å². The van der Waals surface area contributed by atoms with Crippen LogP contribution in [-0.4, -0.2) is 74.3 Å². The number of esters is 1. The van der Waals surface area contributed by atoms with E-state index in [-0.39, 0.29) is 31.5 Å². The Hall–Kier alpha value is -3.07. The van der Waals surface area contributed by atoms with Crippen molar-refractivity contribution < 1.29 is 37.3 Å². The molecule has 0 bridgehead atoms. The average molecular weight is 1100 g/mol. The third kappa shape index (κ3) is 57.4. The molecule has 0 spiro atoms. The lowest BCUT2D eigenvalue weighted by molar-refractivity contribution is -0.870. The molecule has 0 aromatic rings. The van der Waals surface area contributed by atoms with Crippen LogP contribution in [0.3, 0.4) is 0 Å². The second-order valence-electron chi connectivity index (χ2n) is 22.2. The molecule has 1 amide bonds. The van der Waals surface area contributed by atoms with E-state index >= 15 is 0 Å². The topological polar surface area (TPSA) is 111 Å². The van der Waals surface area contributed by atoms with Crippen molar-refractivity contribution in [3.8, 4) is 0 Å². The van der Waals surface area contributed by atoms with Gasteiger partial charge >= 0.3 is 13.8 Å². The number of hydrogen-bond donors (Lipinski definition) is 2. The predicted molar refractivity (Wildman–Crippen MR) is 332 cm³/mol.